The Morgan fingerprint density at radius 1 is 1.30 bits per heavy atom. The van der Waals surface area contributed by atoms with Crippen molar-refractivity contribution in [3.05, 3.63) is 57.6 Å². The minimum atomic E-state index is -0.481. The molecule has 1 aromatic heterocycles. The van der Waals surface area contributed by atoms with Crippen LogP contribution in [-0.2, 0) is 9.53 Å². The monoisotopic (exact) mass is 387 g/mol. The van der Waals surface area contributed by atoms with Gasteiger partial charge in [-0.2, -0.15) is 5.26 Å². The molecule has 1 aliphatic rings. The topological polar surface area (TPSA) is 58.3 Å². The largest absolute Gasteiger partial charge is 0.378 e. The van der Waals surface area contributed by atoms with Crippen LogP contribution in [0.3, 0.4) is 0 Å². The second-order valence-electron chi connectivity index (χ2n) is 6.33. The fourth-order valence-electron chi connectivity index (χ4n) is 3.19. The molecule has 7 heteroatoms. The zero-order valence-electron chi connectivity index (χ0n) is 15.1. The number of halogens is 2. The first-order valence-electron chi connectivity index (χ1n) is 8.55. The van der Waals surface area contributed by atoms with Gasteiger partial charge in [0.15, 0.2) is 0 Å². The Morgan fingerprint density at radius 2 is 2.00 bits per heavy atom. The minimum absolute atomic E-state index is 0.0392. The molecule has 1 amide bonds. The van der Waals surface area contributed by atoms with Gasteiger partial charge in [-0.1, -0.05) is 11.6 Å². The number of nitrogens with zero attached hydrogens (tertiary/aromatic N) is 3. The fourth-order valence-corrected chi connectivity index (χ4v) is 3.36. The van der Waals surface area contributed by atoms with E-state index < -0.39 is 5.82 Å². The van der Waals surface area contributed by atoms with E-state index in [1.807, 2.05) is 30.6 Å². The number of ether oxygens (including phenoxy) is 1. The average Bonchev–Trinajstić information content (AvgIpc) is 2.95. The van der Waals surface area contributed by atoms with E-state index in [0.717, 1.165) is 17.0 Å². The fraction of sp³-hybridized carbons (Fsp3) is 0.300. The summed E-state index contributed by atoms with van der Waals surface area (Å²) < 4.78 is 20.6. The number of rotatable bonds is 3. The molecule has 1 aromatic carbocycles. The van der Waals surface area contributed by atoms with Crippen LogP contribution in [-0.4, -0.2) is 41.7 Å². The normalized spacial score (nSPS) is 14.9. The summed E-state index contributed by atoms with van der Waals surface area (Å²) in [5.74, 6) is -0.777. The molecule has 0 spiro atoms. The van der Waals surface area contributed by atoms with Crippen molar-refractivity contribution >= 4 is 23.6 Å². The summed E-state index contributed by atoms with van der Waals surface area (Å²) in [6.07, 6.45) is 1.60. The lowest BCUT2D eigenvalue weighted by molar-refractivity contribution is -0.130. The number of hydrogen-bond acceptors (Lipinski definition) is 3. The van der Waals surface area contributed by atoms with Crippen molar-refractivity contribution in [2.24, 2.45) is 0 Å². The lowest BCUT2D eigenvalue weighted by atomic mass is 10.1. The van der Waals surface area contributed by atoms with E-state index in [1.54, 1.807) is 23.1 Å². The smallest absolute Gasteiger partial charge is 0.264 e. The zero-order valence-corrected chi connectivity index (χ0v) is 15.9. The first kappa shape index (κ1) is 19.2. The molecular weight excluding hydrogens is 369 g/mol. The summed E-state index contributed by atoms with van der Waals surface area (Å²) in [7, 11) is 0. The van der Waals surface area contributed by atoms with Crippen molar-refractivity contribution in [3.63, 3.8) is 0 Å². The molecule has 2 heterocycles. The SMILES string of the molecule is Cc1cc(C=C(C#N)C(=O)N2CCOCC2)c(C)n1-c1ccc(F)c(Cl)c1. The van der Waals surface area contributed by atoms with Gasteiger partial charge in [0.1, 0.15) is 17.5 Å². The quantitative estimate of drug-likeness (QED) is 0.596. The summed E-state index contributed by atoms with van der Waals surface area (Å²) in [6.45, 7) is 5.69. The van der Waals surface area contributed by atoms with Crippen LogP contribution in [0, 0.1) is 31.0 Å². The van der Waals surface area contributed by atoms with Gasteiger partial charge in [0.2, 0.25) is 0 Å². The van der Waals surface area contributed by atoms with E-state index in [4.69, 9.17) is 16.3 Å². The van der Waals surface area contributed by atoms with Gasteiger partial charge >= 0.3 is 0 Å². The third-order valence-electron chi connectivity index (χ3n) is 4.58. The maximum atomic E-state index is 13.5. The second-order valence-corrected chi connectivity index (χ2v) is 6.74. The molecule has 0 saturated carbocycles. The number of aryl methyl sites for hydroxylation is 1. The first-order valence-corrected chi connectivity index (χ1v) is 8.93. The van der Waals surface area contributed by atoms with Gasteiger partial charge < -0.3 is 14.2 Å². The van der Waals surface area contributed by atoms with Crippen molar-refractivity contribution < 1.29 is 13.9 Å². The number of carbonyl (C=O) groups is 1. The molecule has 0 unspecified atom stereocenters. The van der Waals surface area contributed by atoms with Crippen molar-refractivity contribution in [3.8, 4) is 11.8 Å². The third kappa shape index (κ3) is 3.90. The van der Waals surface area contributed by atoms with E-state index in [2.05, 4.69) is 0 Å². The number of hydrogen-bond donors (Lipinski definition) is 0. The first-order chi connectivity index (χ1) is 12.9. The molecule has 1 saturated heterocycles. The Labute approximate surface area is 162 Å². The number of nitriles is 1. The van der Waals surface area contributed by atoms with Crippen LogP contribution in [0.2, 0.25) is 5.02 Å². The van der Waals surface area contributed by atoms with Crippen molar-refractivity contribution in [2.75, 3.05) is 26.3 Å². The van der Waals surface area contributed by atoms with Crippen LogP contribution < -0.4 is 0 Å². The van der Waals surface area contributed by atoms with Crippen LogP contribution in [0.25, 0.3) is 11.8 Å². The van der Waals surface area contributed by atoms with E-state index in [9.17, 15) is 14.4 Å². The Kier molecular flexibility index (Phi) is 5.64. The van der Waals surface area contributed by atoms with Gasteiger partial charge in [-0.25, -0.2) is 4.39 Å². The highest BCUT2D eigenvalue weighted by molar-refractivity contribution is 6.30. The predicted octanol–water partition coefficient (Wildman–Crippen LogP) is 3.65. The number of carbonyl (C=O) groups excluding carboxylic acids is 1. The Hall–Kier alpha value is -2.62. The minimum Gasteiger partial charge on any atom is -0.378 e. The van der Waals surface area contributed by atoms with Crippen LogP contribution in [0.5, 0.6) is 0 Å². The molecule has 5 nitrogen and oxygen atoms in total. The molecule has 0 radical (unpaired) electrons. The Morgan fingerprint density at radius 3 is 2.63 bits per heavy atom. The number of morpholine rings is 1. The summed E-state index contributed by atoms with van der Waals surface area (Å²) >= 11 is 5.91. The second kappa shape index (κ2) is 7.95. The average molecular weight is 388 g/mol. The highest BCUT2D eigenvalue weighted by Gasteiger charge is 2.21. The molecule has 0 bridgehead atoms. The molecule has 1 aliphatic heterocycles. The van der Waals surface area contributed by atoms with Gasteiger partial charge in [0.05, 0.1) is 18.2 Å². The van der Waals surface area contributed by atoms with Crippen molar-refractivity contribution in [1.29, 1.82) is 5.26 Å². The lowest BCUT2D eigenvalue weighted by Crippen LogP contribution is -2.41. The van der Waals surface area contributed by atoms with E-state index in [1.165, 1.54) is 6.07 Å². The molecule has 0 atom stereocenters. The van der Waals surface area contributed by atoms with E-state index in [-0.39, 0.29) is 16.5 Å². The summed E-state index contributed by atoms with van der Waals surface area (Å²) in [4.78, 5) is 14.2. The van der Waals surface area contributed by atoms with Gasteiger partial charge in [0.25, 0.3) is 5.91 Å². The highest BCUT2D eigenvalue weighted by Crippen LogP contribution is 2.26. The number of aromatic nitrogens is 1. The van der Waals surface area contributed by atoms with Gasteiger partial charge in [-0.3, -0.25) is 4.79 Å². The molecule has 0 N–H and O–H groups in total. The number of amides is 1. The molecule has 1 fully saturated rings. The highest BCUT2D eigenvalue weighted by atomic mass is 35.5. The van der Waals surface area contributed by atoms with Crippen LogP contribution >= 0.6 is 11.6 Å². The van der Waals surface area contributed by atoms with Gasteiger partial charge in [-0.15, -0.1) is 0 Å². The van der Waals surface area contributed by atoms with Crippen molar-refractivity contribution in [1.82, 2.24) is 9.47 Å². The van der Waals surface area contributed by atoms with E-state index >= 15 is 0 Å². The van der Waals surface area contributed by atoms with Crippen molar-refractivity contribution in [2.45, 2.75) is 13.8 Å². The standard InChI is InChI=1S/C20H19ClFN3O2/c1-13-9-15(10-16(12-23)20(26)24-5-7-27-8-6-24)14(2)25(13)17-3-4-19(22)18(21)11-17/h3-4,9-11H,5-8H2,1-2H3. The molecular formula is C20H19ClFN3O2. The molecule has 0 aliphatic carbocycles. The lowest BCUT2D eigenvalue weighted by Gasteiger charge is -2.26. The number of benzene rings is 1. The van der Waals surface area contributed by atoms with Crippen LogP contribution in [0.4, 0.5) is 4.39 Å². The summed E-state index contributed by atoms with van der Waals surface area (Å²) in [6, 6.07) is 8.40. The van der Waals surface area contributed by atoms with Gasteiger partial charge in [0, 0.05) is 30.2 Å². The Balaban J connectivity index is 1.97. The third-order valence-corrected chi connectivity index (χ3v) is 4.87. The molecule has 3 rings (SSSR count). The molecule has 140 valence electrons. The van der Waals surface area contributed by atoms with Gasteiger partial charge in [-0.05, 0) is 49.8 Å². The van der Waals surface area contributed by atoms with Crippen LogP contribution in [0.15, 0.2) is 29.8 Å². The maximum absolute atomic E-state index is 13.5. The zero-order chi connectivity index (χ0) is 19.6. The summed E-state index contributed by atoms with van der Waals surface area (Å²) in [5.41, 5.74) is 3.27. The summed E-state index contributed by atoms with van der Waals surface area (Å²) in [5, 5.41) is 9.52. The molecule has 27 heavy (non-hydrogen) atoms. The maximum Gasteiger partial charge on any atom is 0.264 e. The van der Waals surface area contributed by atoms with E-state index in [0.29, 0.717) is 32.0 Å². The Bertz CT molecular complexity index is 953. The molecule has 2 aromatic rings. The predicted molar refractivity (Wildman–Crippen MR) is 101 cm³/mol. The van der Waals surface area contributed by atoms with Crippen LogP contribution in [0.1, 0.15) is 17.0 Å².